The standard InChI is InChI=1S/C25H47NO2Si/c1-10-22-14-11-13-21(4)23(16-18-28-29(8,9)25(5,6)7)26(17-12-15-22)24(27)19-20(2)3/h16,18-19,21-23H,10-15,17H2,1-9H3/b18-16+/t21-,22+,23+/m1/s1. The van der Waals surface area contributed by atoms with Crippen molar-refractivity contribution in [3.8, 4) is 0 Å². The maximum atomic E-state index is 13.1. The molecule has 0 radical (unpaired) electrons. The van der Waals surface area contributed by atoms with E-state index in [-0.39, 0.29) is 17.0 Å². The lowest BCUT2D eigenvalue weighted by atomic mass is 9.87. The second kappa shape index (κ2) is 11.4. The molecule has 0 aromatic rings. The summed E-state index contributed by atoms with van der Waals surface area (Å²) < 4.78 is 6.32. The van der Waals surface area contributed by atoms with E-state index in [1.54, 1.807) is 6.08 Å². The summed E-state index contributed by atoms with van der Waals surface area (Å²) in [4.78, 5) is 15.2. The van der Waals surface area contributed by atoms with E-state index in [1.165, 1.54) is 25.7 Å². The highest BCUT2D eigenvalue weighted by molar-refractivity contribution is 6.74. The minimum Gasteiger partial charge on any atom is -0.549 e. The van der Waals surface area contributed by atoms with E-state index in [0.29, 0.717) is 5.92 Å². The lowest BCUT2D eigenvalue weighted by molar-refractivity contribution is -0.128. The molecule has 29 heavy (non-hydrogen) atoms. The monoisotopic (exact) mass is 421 g/mol. The zero-order valence-corrected chi connectivity index (χ0v) is 21.7. The minimum atomic E-state index is -1.84. The van der Waals surface area contributed by atoms with E-state index in [4.69, 9.17) is 4.43 Å². The van der Waals surface area contributed by atoms with Crippen molar-refractivity contribution < 1.29 is 9.22 Å². The molecule has 3 nitrogen and oxygen atoms in total. The van der Waals surface area contributed by atoms with Crippen LogP contribution in [-0.2, 0) is 9.22 Å². The number of amides is 1. The third-order valence-corrected chi connectivity index (χ3v) is 11.3. The molecule has 4 heteroatoms. The summed E-state index contributed by atoms with van der Waals surface area (Å²) >= 11 is 0. The highest BCUT2D eigenvalue weighted by atomic mass is 28.4. The molecule has 0 aromatic heterocycles. The van der Waals surface area contributed by atoms with Gasteiger partial charge in [-0.3, -0.25) is 4.79 Å². The van der Waals surface area contributed by atoms with Crippen LogP contribution < -0.4 is 0 Å². The van der Waals surface area contributed by atoms with Crippen LogP contribution in [0.1, 0.15) is 87.0 Å². The second-order valence-corrected chi connectivity index (χ2v) is 15.5. The van der Waals surface area contributed by atoms with Gasteiger partial charge in [-0.15, -0.1) is 0 Å². The molecule has 1 rings (SSSR count). The van der Waals surface area contributed by atoms with E-state index < -0.39 is 8.32 Å². The Hall–Kier alpha value is -1.03. The van der Waals surface area contributed by atoms with Crippen LogP contribution in [0.25, 0.3) is 0 Å². The van der Waals surface area contributed by atoms with Gasteiger partial charge in [-0.1, -0.05) is 59.5 Å². The van der Waals surface area contributed by atoms with Gasteiger partial charge in [0.2, 0.25) is 14.2 Å². The average molecular weight is 422 g/mol. The van der Waals surface area contributed by atoms with Gasteiger partial charge < -0.3 is 9.33 Å². The fraction of sp³-hybridized carbons (Fsp3) is 0.800. The largest absolute Gasteiger partial charge is 0.549 e. The van der Waals surface area contributed by atoms with Gasteiger partial charge in [-0.05, 0) is 69.2 Å². The van der Waals surface area contributed by atoms with E-state index in [1.807, 2.05) is 20.1 Å². The zero-order chi connectivity index (χ0) is 22.2. The normalized spacial score (nSPS) is 25.0. The van der Waals surface area contributed by atoms with E-state index in [9.17, 15) is 4.79 Å². The highest BCUT2D eigenvalue weighted by Gasteiger charge is 2.38. The van der Waals surface area contributed by atoms with Gasteiger partial charge in [0.1, 0.15) is 0 Å². The van der Waals surface area contributed by atoms with Crippen molar-refractivity contribution in [3.63, 3.8) is 0 Å². The summed E-state index contributed by atoms with van der Waals surface area (Å²) in [6.07, 6.45) is 13.2. The third-order valence-electron chi connectivity index (χ3n) is 6.94. The molecule has 1 saturated heterocycles. The molecule has 1 aliphatic heterocycles. The summed E-state index contributed by atoms with van der Waals surface area (Å²) in [7, 11) is -1.84. The molecule has 1 aliphatic rings. The number of allylic oxidation sites excluding steroid dienone is 1. The van der Waals surface area contributed by atoms with Crippen LogP contribution in [0.2, 0.25) is 18.1 Å². The highest BCUT2D eigenvalue weighted by Crippen LogP contribution is 2.37. The van der Waals surface area contributed by atoms with Crippen LogP contribution in [0.3, 0.4) is 0 Å². The Labute approximate surface area is 182 Å². The molecule has 0 aromatic carbocycles. The van der Waals surface area contributed by atoms with Crippen LogP contribution in [0.15, 0.2) is 24.0 Å². The fourth-order valence-corrected chi connectivity index (χ4v) is 4.58. The first kappa shape index (κ1) is 26.0. The SMILES string of the molecule is CC[C@H]1CCC[C@@H](C)[C@H](/C=C/O[Si](C)(C)C(C)(C)C)N(C(=O)C=C(C)C)CCC1. The van der Waals surface area contributed by atoms with Crippen LogP contribution in [-0.4, -0.2) is 31.7 Å². The third kappa shape index (κ3) is 8.31. The molecule has 0 aliphatic carbocycles. The molecule has 0 N–H and O–H groups in total. The van der Waals surface area contributed by atoms with Crippen LogP contribution in [0.5, 0.6) is 0 Å². The van der Waals surface area contributed by atoms with Gasteiger partial charge >= 0.3 is 0 Å². The maximum absolute atomic E-state index is 13.1. The Morgan fingerprint density at radius 3 is 2.31 bits per heavy atom. The number of carbonyl (C=O) groups is 1. The molecular weight excluding hydrogens is 374 g/mol. The van der Waals surface area contributed by atoms with Gasteiger partial charge in [0.05, 0.1) is 12.3 Å². The summed E-state index contributed by atoms with van der Waals surface area (Å²) in [6.45, 7) is 20.7. The van der Waals surface area contributed by atoms with Crippen molar-refractivity contribution >= 4 is 14.2 Å². The average Bonchev–Trinajstić information content (AvgIpc) is 2.59. The molecule has 3 atom stereocenters. The molecule has 1 heterocycles. The first-order valence-electron chi connectivity index (χ1n) is 11.7. The topological polar surface area (TPSA) is 29.5 Å². The predicted molar refractivity (Wildman–Crippen MR) is 128 cm³/mol. The van der Waals surface area contributed by atoms with Crippen molar-refractivity contribution in [2.24, 2.45) is 11.8 Å². The Kier molecular flexibility index (Phi) is 10.2. The van der Waals surface area contributed by atoms with Crippen LogP contribution in [0, 0.1) is 11.8 Å². The quantitative estimate of drug-likeness (QED) is 0.264. The van der Waals surface area contributed by atoms with Crippen LogP contribution in [0.4, 0.5) is 0 Å². The Balaban J connectivity index is 3.10. The Bertz CT molecular complexity index is 570. The number of hydrogen-bond acceptors (Lipinski definition) is 2. The van der Waals surface area contributed by atoms with E-state index >= 15 is 0 Å². The zero-order valence-electron chi connectivity index (χ0n) is 20.7. The number of carbonyl (C=O) groups excluding carboxylic acids is 1. The van der Waals surface area contributed by atoms with Crippen LogP contribution >= 0.6 is 0 Å². The van der Waals surface area contributed by atoms with Crippen molar-refractivity contribution in [1.82, 2.24) is 4.90 Å². The van der Waals surface area contributed by atoms with Gasteiger partial charge in [-0.2, -0.15) is 0 Å². The minimum absolute atomic E-state index is 0.0982. The van der Waals surface area contributed by atoms with Gasteiger partial charge in [-0.25, -0.2) is 0 Å². The molecule has 0 saturated carbocycles. The van der Waals surface area contributed by atoms with Crippen molar-refractivity contribution in [2.45, 2.75) is 111 Å². The Morgan fingerprint density at radius 1 is 1.14 bits per heavy atom. The molecule has 168 valence electrons. The van der Waals surface area contributed by atoms with E-state index in [2.05, 4.69) is 58.7 Å². The molecule has 0 spiro atoms. The summed E-state index contributed by atoms with van der Waals surface area (Å²) in [5, 5.41) is 0.173. The number of hydrogen-bond donors (Lipinski definition) is 0. The predicted octanol–water partition coefficient (Wildman–Crippen LogP) is 7.31. The number of rotatable bonds is 5. The fourth-order valence-electron chi connectivity index (χ4n) is 3.81. The first-order valence-corrected chi connectivity index (χ1v) is 14.6. The number of nitrogens with zero attached hydrogens (tertiary/aromatic N) is 1. The van der Waals surface area contributed by atoms with Gasteiger partial charge in [0, 0.05) is 12.6 Å². The van der Waals surface area contributed by atoms with Gasteiger partial charge in [0.25, 0.3) is 0 Å². The molecule has 0 unspecified atom stereocenters. The lowest BCUT2D eigenvalue weighted by Crippen LogP contribution is -2.44. The van der Waals surface area contributed by atoms with Crippen molar-refractivity contribution in [1.29, 1.82) is 0 Å². The maximum Gasteiger partial charge on any atom is 0.249 e. The van der Waals surface area contributed by atoms with Gasteiger partial charge in [0.15, 0.2) is 0 Å². The first-order chi connectivity index (χ1) is 13.4. The summed E-state index contributed by atoms with van der Waals surface area (Å²) in [5.41, 5.74) is 1.06. The van der Waals surface area contributed by atoms with Crippen molar-refractivity contribution in [2.75, 3.05) is 6.54 Å². The molecular formula is C25H47NO2Si. The molecule has 1 fully saturated rings. The summed E-state index contributed by atoms with van der Waals surface area (Å²) in [6, 6.07) is 0.0982. The lowest BCUT2D eigenvalue weighted by Gasteiger charge is -2.37. The van der Waals surface area contributed by atoms with E-state index in [0.717, 1.165) is 30.9 Å². The Morgan fingerprint density at radius 2 is 1.76 bits per heavy atom. The van der Waals surface area contributed by atoms with Crippen molar-refractivity contribution in [3.05, 3.63) is 24.0 Å². The smallest absolute Gasteiger partial charge is 0.249 e. The second-order valence-electron chi connectivity index (χ2n) is 10.8. The molecule has 0 bridgehead atoms. The summed E-state index contributed by atoms with van der Waals surface area (Å²) in [5.74, 6) is 1.38. The molecule has 1 amide bonds.